The number of carbonyl (C=O) groups is 1. The zero-order valence-electron chi connectivity index (χ0n) is 15.2. The van der Waals surface area contributed by atoms with E-state index in [1.165, 1.54) is 12.1 Å². The number of aryl methyl sites for hydroxylation is 1. The average Bonchev–Trinajstić information content (AvgIpc) is 3.10. The number of carboxylic acids is 1. The molecule has 2 aromatic carbocycles. The van der Waals surface area contributed by atoms with E-state index < -0.39 is 17.8 Å². The van der Waals surface area contributed by atoms with Crippen molar-refractivity contribution in [1.29, 1.82) is 0 Å². The molecule has 0 fully saturated rings. The Morgan fingerprint density at radius 3 is 2.43 bits per heavy atom. The van der Waals surface area contributed by atoms with E-state index in [-0.39, 0.29) is 35.8 Å². The first-order valence-electron chi connectivity index (χ1n) is 8.60. The van der Waals surface area contributed by atoms with Crippen LogP contribution >= 0.6 is 34.7 Å². The fourth-order valence-corrected chi connectivity index (χ4v) is 4.01. The lowest BCUT2D eigenvalue weighted by atomic mass is 10.1. The van der Waals surface area contributed by atoms with Crippen molar-refractivity contribution in [2.45, 2.75) is 25.6 Å². The minimum absolute atomic E-state index is 0.0825. The molecular formula is C20H14Cl2F3NO3S. The summed E-state index contributed by atoms with van der Waals surface area (Å²) in [6.07, 6.45) is -4.47. The zero-order chi connectivity index (χ0) is 21.9. The van der Waals surface area contributed by atoms with E-state index in [1.54, 1.807) is 30.3 Å². The highest BCUT2D eigenvalue weighted by Gasteiger charge is 2.38. The van der Waals surface area contributed by atoms with Crippen molar-refractivity contribution in [3.8, 4) is 16.2 Å². The molecule has 0 amide bonds. The van der Waals surface area contributed by atoms with Gasteiger partial charge in [0.2, 0.25) is 0 Å². The van der Waals surface area contributed by atoms with E-state index in [0.717, 1.165) is 11.5 Å². The Balaban J connectivity index is 1.85. The number of aliphatic carboxylic acids is 1. The molecule has 0 spiro atoms. The third-order valence-corrected chi connectivity index (χ3v) is 5.72. The van der Waals surface area contributed by atoms with Crippen molar-refractivity contribution in [2.75, 3.05) is 0 Å². The van der Waals surface area contributed by atoms with Crippen LogP contribution in [0.5, 0.6) is 5.75 Å². The second-order valence-electron chi connectivity index (χ2n) is 6.28. The van der Waals surface area contributed by atoms with E-state index >= 15 is 0 Å². The summed E-state index contributed by atoms with van der Waals surface area (Å²) in [6.45, 7) is -0.367. The van der Waals surface area contributed by atoms with Gasteiger partial charge in [-0.05, 0) is 53.3 Å². The van der Waals surface area contributed by atoms with Crippen LogP contribution in [0.1, 0.15) is 23.2 Å². The molecule has 1 heterocycles. The summed E-state index contributed by atoms with van der Waals surface area (Å²) in [5.41, 5.74) is 0.0806. The van der Waals surface area contributed by atoms with Gasteiger partial charge in [0.1, 0.15) is 12.4 Å². The number of carboxylic acid groups (broad SMARTS) is 1. The number of aromatic nitrogens is 1. The van der Waals surface area contributed by atoms with E-state index in [4.69, 9.17) is 33.0 Å². The molecular weight excluding hydrogens is 462 g/mol. The Morgan fingerprint density at radius 2 is 1.83 bits per heavy atom. The second kappa shape index (κ2) is 9.24. The Morgan fingerprint density at radius 1 is 1.13 bits per heavy atom. The number of halogens is 5. The molecule has 3 rings (SSSR count). The van der Waals surface area contributed by atoms with Crippen LogP contribution in [0.2, 0.25) is 10.0 Å². The highest BCUT2D eigenvalue weighted by molar-refractivity contribution is 7.09. The smallest absolute Gasteiger partial charge is 0.434 e. The predicted octanol–water partition coefficient (Wildman–Crippen LogP) is 6.73. The zero-order valence-corrected chi connectivity index (χ0v) is 17.5. The fraction of sp³-hybridized carbons (Fsp3) is 0.200. The summed E-state index contributed by atoms with van der Waals surface area (Å²) in [7, 11) is 0. The Hall–Kier alpha value is -2.29. The summed E-state index contributed by atoms with van der Waals surface area (Å²) in [5.74, 6) is -0.689. The monoisotopic (exact) mass is 475 g/mol. The lowest BCUT2D eigenvalue weighted by Crippen LogP contribution is -2.11. The number of hydrogen-bond acceptors (Lipinski definition) is 4. The molecule has 4 nitrogen and oxygen atoms in total. The molecule has 10 heteroatoms. The molecule has 0 saturated carbocycles. The van der Waals surface area contributed by atoms with E-state index in [9.17, 15) is 18.0 Å². The molecule has 0 bridgehead atoms. The molecule has 0 aliphatic heterocycles. The molecule has 3 aromatic rings. The molecule has 0 unspecified atom stereocenters. The van der Waals surface area contributed by atoms with Crippen molar-refractivity contribution in [2.24, 2.45) is 0 Å². The van der Waals surface area contributed by atoms with Crippen LogP contribution in [0.4, 0.5) is 13.2 Å². The quantitative estimate of drug-likeness (QED) is 0.411. The van der Waals surface area contributed by atoms with Crippen LogP contribution in [0, 0.1) is 0 Å². The number of nitrogens with zero attached hydrogens (tertiary/aromatic N) is 1. The lowest BCUT2D eigenvalue weighted by molar-refractivity contribution is -0.141. The van der Waals surface area contributed by atoms with Gasteiger partial charge in [-0.1, -0.05) is 41.4 Å². The maximum atomic E-state index is 13.4. The number of hydrogen-bond donors (Lipinski definition) is 1. The number of benzene rings is 2. The summed E-state index contributed by atoms with van der Waals surface area (Å²) in [5, 5.41) is 9.52. The van der Waals surface area contributed by atoms with Gasteiger partial charge in [0.25, 0.3) is 0 Å². The molecule has 0 saturated heterocycles. The summed E-state index contributed by atoms with van der Waals surface area (Å²) < 4.78 is 49.5. The first-order chi connectivity index (χ1) is 14.1. The third-order valence-electron chi connectivity index (χ3n) is 4.18. The van der Waals surface area contributed by atoms with Gasteiger partial charge in [0.15, 0.2) is 5.69 Å². The van der Waals surface area contributed by atoms with Crippen molar-refractivity contribution in [1.82, 2.24) is 4.37 Å². The lowest BCUT2D eigenvalue weighted by Gasteiger charge is -2.12. The Bertz CT molecular complexity index is 1050. The largest absolute Gasteiger partial charge is 0.489 e. The van der Waals surface area contributed by atoms with Crippen LogP contribution in [-0.4, -0.2) is 15.4 Å². The maximum absolute atomic E-state index is 13.4. The molecule has 1 aromatic heterocycles. The molecule has 1 N–H and O–H groups in total. The van der Waals surface area contributed by atoms with Crippen LogP contribution < -0.4 is 4.74 Å². The van der Waals surface area contributed by atoms with Crippen LogP contribution in [0.25, 0.3) is 10.4 Å². The Kier molecular flexibility index (Phi) is 6.90. The van der Waals surface area contributed by atoms with Crippen molar-refractivity contribution >= 4 is 40.7 Å². The Labute approximate surface area is 184 Å². The normalized spacial score (nSPS) is 11.5. The van der Waals surface area contributed by atoms with Crippen molar-refractivity contribution in [3.05, 3.63) is 69.3 Å². The standard InChI is InChI=1S/C20H14Cl2F3NO3S/c21-13-5-1-12(2-6-13)18-15(19(26-30-18)20(23,24)25)10-29-14-7-3-11(16(22)9-14)4-8-17(27)28/h1-3,5-7,9H,4,8,10H2,(H,27,28). The molecule has 158 valence electrons. The number of rotatable bonds is 7. The minimum Gasteiger partial charge on any atom is -0.489 e. The first kappa shape index (κ1) is 22.4. The van der Waals surface area contributed by atoms with Crippen LogP contribution in [-0.2, 0) is 24.0 Å². The van der Waals surface area contributed by atoms with Crippen molar-refractivity contribution < 1.29 is 27.8 Å². The van der Waals surface area contributed by atoms with Crippen LogP contribution in [0.3, 0.4) is 0 Å². The highest BCUT2D eigenvalue weighted by Crippen LogP contribution is 2.40. The first-order valence-corrected chi connectivity index (χ1v) is 10.1. The van der Waals surface area contributed by atoms with E-state index in [2.05, 4.69) is 4.37 Å². The summed E-state index contributed by atoms with van der Waals surface area (Å²) in [4.78, 5) is 11.0. The summed E-state index contributed by atoms with van der Waals surface area (Å²) >= 11 is 12.7. The molecule has 0 aliphatic rings. The summed E-state index contributed by atoms with van der Waals surface area (Å²) in [6, 6.07) is 11.0. The molecule has 30 heavy (non-hydrogen) atoms. The minimum atomic E-state index is -4.63. The van der Waals surface area contributed by atoms with E-state index in [0.29, 0.717) is 21.0 Å². The molecule has 0 aliphatic carbocycles. The number of alkyl halides is 3. The predicted molar refractivity (Wildman–Crippen MR) is 109 cm³/mol. The highest BCUT2D eigenvalue weighted by atomic mass is 35.5. The van der Waals surface area contributed by atoms with Gasteiger partial charge in [0.05, 0.1) is 4.88 Å². The fourth-order valence-electron chi connectivity index (χ4n) is 2.71. The average molecular weight is 476 g/mol. The SMILES string of the molecule is O=C(O)CCc1ccc(OCc2c(C(F)(F)F)nsc2-c2ccc(Cl)cc2)cc1Cl. The second-order valence-corrected chi connectivity index (χ2v) is 7.90. The topological polar surface area (TPSA) is 59.4 Å². The maximum Gasteiger partial charge on any atom is 0.434 e. The van der Waals surface area contributed by atoms with Gasteiger partial charge < -0.3 is 9.84 Å². The van der Waals surface area contributed by atoms with Crippen LogP contribution in [0.15, 0.2) is 42.5 Å². The van der Waals surface area contributed by atoms with Crippen molar-refractivity contribution in [3.63, 3.8) is 0 Å². The van der Waals surface area contributed by atoms with E-state index in [1.807, 2.05) is 0 Å². The van der Waals surface area contributed by atoms with Gasteiger partial charge in [-0.25, -0.2) is 0 Å². The van der Waals surface area contributed by atoms with Gasteiger partial charge >= 0.3 is 12.1 Å². The van der Waals surface area contributed by atoms with Gasteiger partial charge in [-0.15, -0.1) is 0 Å². The molecule has 0 atom stereocenters. The van der Waals surface area contributed by atoms with Gasteiger partial charge in [-0.2, -0.15) is 17.5 Å². The molecule has 0 radical (unpaired) electrons. The van der Waals surface area contributed by atoms with Gasteiger partial charge in [-0.3, -0.25) is 4.79 Å². The third kappa shape index (κ3) is 5.44. The van der Waals surface area contributed by atoms with Gasteiger partial charge in [0, 0.05) is 22.0 Å². The number of ether oxygens (including phenoxy) is 1.